The molecule has 0 aliphatic carbocycles. The molecule has 1 saturated heterocycles. The molecule has 1 aliphatic rings. The molecular weight excluding hydrogens is 473 g/mol. The van der Waals surface area contributed by atoms with E-state index in [0.29, 0.717) is 21.4 Å². The van der Waals surface area contributed by atoms with Gasteiger partial charge in [0.25, 0.3) is 11.1 Å². The van der Waals surface area contributed by atoms with Gasteiger partial charge in [-0.2, -0.15) is 0 Å². The standard InChI is InChI=1S/C23H21Cl2NO5S/c1-2-3-10-30-21(27)13-26-22(28)20(32-23(26)29)11-15-6-4-5-7-19(15)31-14-16-8-9-17(24)12-18(16)25/h4-9,11-12H,2-3,10,13-14H2,1H3/b20-11+. The monoisotopic (exact) mass is 493 g/mol. The van der Waals surface area contributed by atoms with Gasteiger partial charge in [0.2, 0.25) is 0 Å². The zero-order valence-corrected chi connectivity index (χ0v) is 19.6. The number of ether oxygens (including phenoxy) is 2. The maximum Gasteiger partial charge on any atom is 0.326 e. The minimum absolute atomic E-state index is 0.200. The van der Waals surface area contributed by atoms with E-state index in [1.54, 1.807) is 48.5 Å². The first-order chi connectivity index (χ1) is 15.4. The number of unbranched alkanes of at least 4 members (excludes halogenated alkanes) is 1. The lowest BCUT2D eigenvalue weighted by molar-refractivity contribution is -0.146. The molecule has 1 heterocycles. The van der Waals surface area contributed by atoms with E-state index in [4.69, 9.17) is 32.7 Å². The zero-order valence-electron chi connectivity index (χ0n) is 17.3. The van der Waals surface area contributed by atoms with E-state index in [1.807, 2.05) is 6.92 Å². The number of amides is 2. The van der Waals surface area contributed by atoms with Gasteiger partial charge in [-0.3, -0.25) is 19.3 Å². The van der Waals surface area contributed by atoms with E-state index >= 15 is 0 Å². The first-order valence-electron chi connectivity index (χ1n) is 9.95. The van der Waals surface area contributed by atoms with E-state index in [-0.39, 0.29) is 18.1 Å². The average Bonchev–Trinajstić information content (AvgIpc) is 3.01. The van der Waals surface area contributed by atoms with Crippen molar-refractivity contribution in [2.24, 2.45) is 0 Å². The van der Waals surface area contributed by atoms with Crippen LogP contribution in [0.3, 0.4) is 0 Å². The third-order valence-electron chi connectivity index (χ3n) is 4.53. The Morgan fingerprint density at radius 3 is 2.69 bits per heavy atom. The number of hydrogen-bond acceptors (Lipinski definition) is 6. The summed E-state index contributed by atoms with van der Waals surface area (Å²) in [6.07, 6.45) is 3.18. The Bertz CT molecular complexity index is 1060. The van der Waals surface area contributed by atoms with Gasteiger partial charge in [0.15, 0.2) is 0 Å². The number of esters is 1. The second kappa shape index (κ2) is 11.4. The average molecular weight is 494 g/mol. The van der Waals surface area contributed by atoms with E-state index in [2.05, 4.69) is 0 Å². The lowest BCUT2D eigenvalue weighted by Gasteiger charge is -2.12. The minimum Gasteiger partial charge on any atom is -0.488 e. The van der Waals surface area contributed by atoms with Crippen LogP contribution in [0, 0.1) is 0 Å². The van der Waals surface area contributed by atoms with Gasteiger partial charge in [0, 0.05) is 21.2 Å². The molecule has 3 rings (SSSR count). The predicted molar refractivity (Wildman–Crippen MR) is 126 cm³/mol. The molecule has 0 unspecified atom stereocenters. The van der Waals surface area contributed by atoms with Gasteiger partial charge in [0.1, 0.15) is 18.9 Å². The maximum atomic E-state index is 12.7. The Balaban J connectivity index is 1.71. The number of nitrogens with zero attached hydrogens (tertiary/aromatic N) is 1. The number of rotatable bonds is 9. The zero-order chi connectivity index (χ0) is 23.1. The van der Waals surface area contributed by atoms with E-state index in [0.717, 1.165) is 35.1 Å². The van der Waals surface area contributed by atoms with Crippen LogP contribution >= 0.6 is 35.0 Å². The molecule has 6 nitrogen and oxygen atoms in total. The summed E-state index contributed by atoms with van der Waals surface area (Å²) in [5, 5.41) is 0.506. The molecule has 2 amide bonds. The minimum atomic E-state index is -0.606. The highest BCUT2D eigenvalue weighted by Crippen LogP contribution is 2.34. The number of thioether (sulfide) groups is 1. The molecule has 32 heavy (non-hydrogen) atoms. The third kappa shape index (κ3) is 6.28. The molecule has 0 aromatic heterocycles. The second-order valence-corrected chi connectivity index (χ2v) is 8.74. The maximum absolute atomic E-state index is 12.7. The van der Waals surface area contributed by atoms with Crippen LogP contribution in [0.25, 0.3) is 6.08 Å². The molecule has 0 atom stereocenters. The van der Waals surface area contributed by atoms with E-state index in [1.165, 1.54) is 0 Å². The fraction of sp³-hybridized carbons (Fsp3) is 0.261. The number of halogens is 2. The molecule has 9 heteroatoms. The molecule has 1 aliphatic heterocycles. The fourth-order valence-corrected chi connectivity index (χ4v) is 4.10. The quantitative estimate of drug-likeness (QED) is 0.244. The number of imide groups is 1. The topological polar surface area (TPSA) is 72.9 Å². The van der Waals surface area contributed by atoms with Gasteiger partial charge in [-0.25, -0.2) is 0 Å². The SMILES string of the molecule is CCCCOC(=O)CN1C(=O)S/C(=C/c2ccccc2OCc2ccc(Cl)cc2Cl)C1=O. The van der Waals surface area contributed by atoms with Crippen LogP contribution in [0.1, 0.15) is 30.9 Å². The van der Waals surface area contributed by atoms with Crippen molar-refractivity contribution in [1.29, 1.82) is 0 Å². The normalized spacial score (nSPS) is 14.8. The molecule has 2 aromatic carbocycles. The largest absolute Gasteiger partial charge is 0.488 e. The summed E-state index contributed by atoms with van der Waals surface area (Å²) in [6, 6.07) is 12.3. The molecule has 0 bridgehead atoms. The lowest BCUT2D eigenvalue weighted by Crippen LogP contribution is -2.34. The first kappa shape index (κ1) is 24.2. The number of para-hydroxylation sites is 1. The fourth-order valence-electron chi connectivity index (χ4n) is 2.81. The van der Waals surface area contributed by atoms with Gasteiger partial charge in [-0.1, -0.05) is 60.8 Å². The first-order valence-corrected chi connectivity index (χ1v) is 11.5. The van der Waals surface area contributed by atoms with Crippen LogP contribution < -0.4 is 4.74 Å². The van der Waals surface area contributed by atoms with Crippen LogP contribution in [-0.2, 0) is 20.9 Å². The molecule has 168 valence electrons. The second-order valence-electron chi connectivity index (χ2n) is 6.90. The van der Waals surface area contributed by atoms with Crippen molar-refractivity contribution in [2.75, 3.05) is 13.2 Å². The predicted octanol–water partition coefficient (Wildman–Crippen LogP) is 5.95. The lowest BCUT2D eigenvalue weighted by atomic mass is 10.1. The van der Waals surface area contributed by atoms with Crippen molar-refractivity contribution in [3.05, 3.63) is 68.5 Å². The highest BCUT2D eigenvalue weighted by Gasteiger charge is 2.36. The van der Waals surface area contributed by atoms with Crippen LogP contribution in [0.5, 0.6) is 5.75 Å². The number of benzene rings is 2. The number of hydrogen-bond donors (Lipinski definition) is 0. The summed E-state index contributed by atoms with van der Waals surface area (Å²) in [7, 11) is 0. The van der Waals surface area contributed by atoms with E-state index < -0.39 is 23.7 Å². The molecule has 1 fully saturated rings. The van der Waals surface area contributed by atoms with Crippen molar-refractivity contribution in [1.82, 2.24) is 4.90 Å². The summed E-state index contributed by atoms with van der Waals surface area (Å²) in [5.41, 5.74) is 1.38. The Morgan fingerprint density at radius 2 is 1.94 bits per heavy atom. The van der Waals surface area contributed by atoms with Crippen molar-refractivity contribution in [3.63, 3.8) is 0 Å². The molecule has 0 N–H and O–H groups in total. The van der Waals surface area contributed by atoms with Crippen molar-refractivity contribution < 1.29 is 23.9 Å². The molecule has 2 aromatic rings. The van der Waals surface area contributed by atoms with Gasteiger partial charge < -0.3 is 9.47 Å². The summed E-state index contributed by atoms with van der Waals surface area (Å²) in [6.45, 7) is 2.04. The Morgan fingerprint density at radius 1 is 1.16 bits per heavy atom. The summed E-state index contributed by atoms with van der Waals surface area (Å²) in [5.74, 6) is -0.627. The highest BCUT2D eigenvalue weighted by molar-refractivity contribution is 8.18. The Hall–Kier alpha value is -2.48. The van der Waals surface area contributed by atoms with Crippen molar-refractivity contribution >= 4 is 58.2 Å². The Labute approximate surface area is 200 Å². The van der Waals surface area contributed by atoms with Crippen LogP contribution in [0.2, 0.25) is 10.0 Å². The van der Waals surface area contributed by atoms with Crippen molar-refractivity contribution in [3.8, 4) is 5.75 Å². The summed E-state index contributed by atoms with van der Waals surface area (Å²) in [4.78, 5) is 38.0. The Kier molecular flexibility index (Phi) is 8.61. The molecule has 0 spiro atoms. The van der Waals surface area contributed by atoms with E-state index in [9.17, 15) is 14.4 Å². The summed E-state index contributed by atoms with van der Waals surface area (Å²) < 4.78 is 10.9. The molecular formula is C23H21Cl2NO5S. The molecule has 0 radical (unpaired) electrons. The van der Waals surface area contributed by atoms with Crippen molar-refractivity contribution in [2.45, 2.75) is 26.4 Å². The third-order valence-corrected chi connectivity index (χ3v) is 6.02. The highest BCUT2D eigenvalue weighted by atomic mass is 35.5. The van der Waals surface area contributed by atoms with Gasteiger partial charge in [-0.15, -0.1) is 0 Å². The molecule has 0 saturated carbocycles. The number of carbonyl (C=O) groups excluding carboxylic acids is 3. The number of carbonyl (C=O) groups is 3. The van der Waals surface area contributed by atoms with Crippen LogP contribution in [0.15, 0.2) is 47.4 Å². The van der Waals surface area contributed by atoms with Gasteiger partial charge in [-0.05, 0) is 42.5 Å². The van der Waals surface area contributed by atoms with Crippen LogP contribution in [0.4, 0.5) is 4.79 Å². The smallest absolute Gasteiger partial charge is 0.326 e. The summed E-state index contributed by atoms with van der Waals surface area (Å²) >= 11 is 12.9. The van der Waals surface area contributed by atoms with Gasteiger partial charge >= 0.3 is 5.97 Å². The van der Waals surface area contributed by atoms with Gasteiger partial charge in [0.05, 0.1) is 11.5 Å². The van der Waals surface area contributed by atoms with Crippen LogP contribution in [-0.4, -0.2) is 35.2 Å².